The van der Waals surface area contributed by atoms with E-state index in [0.717, 1.165) is 12.0 Å². The van der Waals surface area contributed by atoms with Gasteiger partial charge < -0.3 is 39.7 Å². The maximum Gasteiger partial charge on any atom is 0.530 e. The molecule has 18 heteroatoms. The summed E-state index contributed by atoms with van der Waals surface area (Å²) in [5, 5.41) is 9.18. The smallest absolute Gasteiger partial charge is 0.479 e. The van der Waals surface area contributed by atoms with Gasteiger partial charge in [0, 0.05) is 24.0 Å². The molecule has 5 heterocycles. The summed E-state index contributed by atoms with van der Waals surface area (Å²) in [5.74, 6) is 1.74. The van der Waals surface area contributed by atoms with Gasteiger partial charge in [0.15, 0.2) is 22.3 Å². The Kier molecular flexibility index (Phi) is 8.90. The number of phosphoric ester groups is 1. The highest BCUT2D eigenvalue weighted by Crippen LogP contribution is 2.55. The van der Waals surface area contributed by atoms with E-state index in [1.165, 1.54) is 14.2 Å². The molecule has 5 aromatic rings. The standard InChI is InChI=1S/C19H20N5O5P.C12H15N5O2/c1-26-18-16-17(22-19(20)23-18)24(11-21-16)14-7-6-12(8-14)9-27-30(25)28-10-13-4-2-3-5-15(13)29-30;1-19-11-9-10(15-12(13)16-11)17(6-14-9)8-3-2-7(4-8)5-18/h2-7,11-12,14H,8-10H2,1H3,(H2,20,22,23);2-3,6-8,18H,4-5H2,1H3,(H2,13,15,16)/t12-,14+,30?;7-,8+/m11/s1. The van der Waals surface area contributed by atoms with Crippen LogP contribution in [0.5, 0.6) is 17.5 Å². The minimum Gasteiger partial charge on any atom is -0.479 e. The number of anilines is 2. The summed E-state index contributed by atoms with van der Waals surface area (Å²) in [7, 11) is -0.603. The molecule has 49 heavy (non-hydrogen) atoms. The van der Waals surface area contributed by atoms with E-state index in [9.17, 15) is 9.67 Å². The lowest BCUT2D eigenvalue weighted by atomic mass is 10.1. The van der Waals surface area contributed by atoms with Crippen LogP contribution in [0.4, 0.5) is 11.9 Å². The molecule has 5 N–H and O–H groups in total. The highest BCUT2D eigenvalue weighted by molar-refractivity contribution is 7.49. The normalized spacial score (nSPS) is 24.1. The van der Waals surface area contributed by atoms with E-state index in [2.05, 4.69) is 29.9 Å². The number of nitrogen functional groups attached to an aromatic ring is 2. The third kappa shape index (κ3) is 6.53. The van der Waals surface area contributed by atoms with Crippen LogP contribution in [-0.4, -0.2) is 71.6 Å². The Morgan fingerprint density at radius 1 is 0.857 bits per heavy atom. The van der Waals surface area contributed by atoms with Crippen LogP contribution in [0, 0.1) is 11.8 Å². The number of benzene rings is 1. The fourth-order valence-corrected chi connectivity index (χ4v) is 7.29. The quantitative estimate of drug-likeness (QED) is 0.156. The molecular formula is C31H35N10O7P. The number of phosphoric acid groups is 1. The van der Waals surface area contributed by atoms with Crippen molar-refractivity contribution in [1.82, 2.24) is 39.0 Å². The SMILES string of the molecule is COc1nc(N)nc2c1ncn2[C@H]1C=C[C@@H](CO)C1.COc1nc(N)nc2c1ncn2[C@H]1C=C[C@@H](COP2(=O)OCc3ccccc3O2)C1. The molecule has 5 atom stereocenters. The summed E-state index contributed by atoms with van der Waals surface area (Å²) in [6.45, 7) is 0.556. The summed E-state index contributed by atoms with van der Waals surface area (Å²) in [6.07, 6.45) is 13.0. The number of hydrogen-bond acceptors (Lipinski definition) is 15. The zero-order chi connectivity index (χ0) is 34.1. The van der Waals surface area contributed by atoms with E-state index in [-0.39, 0.29) is 55.6 Å². The molecule has 0 fully saturated rings. The van der Waals surface area contributed by atoms with E-state index in [0.29, 0.717) is 46.3 Å². The fourth-order valence-electron chi connectivity index (χ4n) is 6.02. The van der Waals surface area contributed by atoms with Gasteiger partial charge in [-0.25, -0.2) is 14.5 Å². The molecule has 256 valence electrons. The first-order valence-electron chi connectivity index (χ1n) is 15.5. The van der Waals surface area contributed by atoms with Crippen LogP contribution in [0.1, 0.15) is 30.5 Å². The number of methoxy groups -OCH3 is 2. The third-order valence-corrected chi connectivity index (χ3v) is 9.79. The van der Waals surface area contributed by atoms with Crippen LogP contribution in [0.2, 0.25) is 0 Å². The molecule has 1 aliphatic heterocycles. The summed E-state index contributed by atoms with van der Waals surface area (Å²) in [6, 6.07) is 7.44. The average molecular weight is 691 g/mol. The Labute approximate surface area is 280 Å². The number of nitrogens with zero attached hydrogens (tertiary/aromatic N) is 8. The van der Waals surface area contributed by atoms with Crippen LogP contribution < -0.4 is 25.5 Å². The monoisotopic (exact) mass is 690 g/mol. The summed E-state index contributed by atoms with van der Waals surface area (Å²) in [4.78, 5) is 25.2. The van der Waals surface area contributed by atoms with Gasteiger partial charge in [0.25, 0.3) is 0 Å². The minimum absolute atomic E-state index is 0.00235. The Morgan fingerprint density at radius 3 is 2.00 bits per heavy atom. The van der Waals surface area contributed by atoms with E-state index in [4.69, 9.17) is 34.5 Å². The lowest BCUT2D eigenvalue weighted by molar-refractivity contribution is 0.124. The van der Waals surface area contributed by atoms with Crippen LogP contribution in [0.25, 0.3) is 22.3 Å². The molecular weight excluding hydrogens is 655 g/mol. The number of allylic oxidation sites excluding steroid dienone is 2. The van der Waals surface area contributed by atoms with Crippen molar-refractivity contribution in [2.24, 2.45) is 11.8 Å². The fraction of sp³-hybridized carbons (Fsp3) is 0.355. The lowest BCUT2D eigenvalue weighted by Crippen LogP contribution is -2.14. The molecule has 1 unspecified atom stereocenters. The van der Waals surface area contributed by atoms with Crippen molar-refractivity contribution in [3.05, 3.63) is 66.8 Å². The predicted molar refractivity (Wildman–Crippen MR) is 178 cm³/mol. The minimum atomic E-state index is -3.64. The van der Waals surface area contributed by atoms with Crippen molar-refractivity contribution in [2.75, 3.05) is 38.9 Å². The second-order valence-electron chi connectivity index (χ2n) is 11.6. The average Bonchev–Trinajstić information content (AvgIpc) is 3.93. The molecule has 0 amide bonds. The summed E-state index contributed by atoms with van der Waals surface area (Å²) in [5.41, 5.74) is 14.7. The molecule has 17 nitrogen and oxygen atoms in total. The molecule has 3 aliphatic rings. The van der Waals surface area contributed by atoms with Gasteiger partial charge >= 0.3 is 7.82 Å². The van der Waals surface area contributed by atoms with Crippen LogP contribution in [0.3, 0.4) is 0 Å². The van der Waals surface area contributed by atoms with Crippen LogP contribution in [-0.2, 0) is 20.2 Å². The van der Waals surface area contributed by atoms with Crippen molar-refractivity contribution in [3.63, 3.8) is 0 Å². The number of aliphatic hydroxyl groups is 1. The van der Waals surface area contributed by atoms with Crippen LogP contribution in [0.15, 0.2) is 61.2 Å². The molecule has 0 bridgehead atoms. The van der Waals surface area contributed by atoms with Crippen molar-refractivity contribution >= 4 is 42.0 Å². The second kappa shape index (κ2) is 13.4. The molecule has 0 saturated carbocycles. The van der Waals surface area contributed by atoms with Gasteiger partial charge in [0.05, 0.1) is 52.2 Å². The second-order valence-corrected chi connectivity index (χ2v) is 13.2. The number of ether oxygens (including phenoxy) is 2. The first-order chi connectivity index (χ1) is 23.8. The van der Waals surface area contributed by atoms with Crippen LogP contribution >= 0.6 is 7.82 Å². The van der Waals surface area contributed by atoms with Gasteiger partial charge in [-0.15, -0.1) is 0 Å². The van der Waals surface area contributed by atoms with Crippen molar-refractivity contribution in [3.8, 4) is 17.5 Å². The van der Waals surface area contributed by atoms with E-state index >= 15 is 0 Å². The largest absolute Gasteiger partial charge is 0.530 e. The Balaban J connectivity index is 0.000000171. The predicted octanol–water partition coefficient (Wildman–Crippen LogP) is 3.79. The maximum atomic E-state index is 12.8. The number of fused-ring (bicyclic) bond motifs is 3. The van der Waals surface area contributed by atoms with Crippen molar-refractivity contribution in [2.45, 2.75) is 31.5 Å². The zero-order valence-electron chi connectivity index (χ0n) is 26.7. The molecule has 4 aromatic heterocycles. The maximum absolute atomic E-state index is 12.8. The number of hydrogen-bond donors (Lipinski definition) is 3. The molecule has 0 radical (unpaired) electrons. The Morgan fingerprint density at radius 2 is 1.43 bits per heavy atom. The third-order valence-electron chi connectivity index (χ3n) is 8.46. The van der Waals surface area contributed by atoms with Gasteiger partial charge in [-0.05, 0) is 18.9 Å². The topological polar surface area (TPSA) is 223 Å². The van der Waals surface area contributed by atoms with Gasteiger partial charge in [-0.3, -0.25) is 9.05 Å². The molecule has 8 rings (SSSR count). The molecule has 1 aromatic carbocycles. The lowest BCUT2D eigenvalue weighted by Gasteiger charge is -2.25. The molecule has 0 spiro atoms. The summed E-state index contributed by atoms with van der Waals surface area (Å²) < 4.78 is 43.5. The van der Waals surface area contributed by atoms with Gasteiger partial charge in [0.2, 0.25) is 23.7 Å². The van der Waals surface area contributed by atoms with Crippen molar-refractivity contribution < 1.29 is 32.7 Å². The first kappa shape index (κ1) is 32.5. The number of rotatable bonds is 8. The number of imidazole rings is 2. The number of nitrogens with two attached hydrogens (primary N) is 2. The Bertz CT molecular complexity index is 2100. The van der Waals surface area contributed by atoms with Gasteiger partial charge in [-0.2, -0.15) is 19.9 Å². The van der Waals surface area contributed by atoms with Gasteiger partial charge in [0.1, 0.15) is 5.75 Å². The van der Waals surface area contributed by atoms with Gasteiger partial charge in [-0.1, -0.05) is 42.5 Å². The zero-order valence-corrected chi connectivity index (χ0v) is 27.6. The van der Waals surface area contributed by atoms with E-state index in [1.54, 1.807) is 18.7 Å². The highest BCUT2D eigenvalue weighted by atomic mass is 31.2. The Hall–Kier alpha value is -5.09. The first-order valence-corrected chi connectivity index (χ1v) is 17.0. The highest BCUT2D eigenvalue weighted by Gasteiger charge is 2.35. The number of aromatic nitrogens is 8. The number of para-hydroxylation sites is 1. The van der Waals surface area contributed by atoms with E-state index in [1.807, 2.05) is 51.6 Å². The summed E-state index contributed by atoms with van der Waals surface area (Å²) >= 11 is 0. The molecule has 0 saturated heterocycles. The molecule has 2 aliphatic carbocycles. The van der Waals surface area contributed by atoms with Crippen molar-refractivity contribution in [1.29, 1.82) is 0 Å². The van der Waals surface area contributed by atoms with E-state index < -0.39 is 7.82 Å². The number of aliphatic hydroxyl groups excluding tert-OH is 1.